The molecule has 0 amide bonds. The number of likely N-dealkylation sites (N-methyl/N-ethyl adjacent to an activating group) is 2. The Morgan fingerprint density at radius 1 is 1.17 bits per heavy atom. The van der Waals surface area contributed by atoms with E-state index in [1.54, 1.807) is 0 Å². The van der Waals surface area contributed by atoms with Gasteiger partial charge in [0.1, 0.15) is 13.1 Å². The van der Waals surface area contributed by atoms with E-state index in [9.17, 15) is 0 Å². The monoisotopic (exact) mass is 222 g/mol. The molecule has 0 aromatic carbocycles. The van der Waals surface area contributed by atoms with Crippen LogP contribution >= 0.6 is 12.2 Å². The van der Waals surface area contributed by atoms with Gasteiger partial charge in [-0.1, -0.05) is 0 Å². The van der Waals surface area contributed by atoms with Gasteiger partial charge in [-0.25, -0.2) is 0 Å². The van der Waals surface area contributed by atoms with Gasteiger partial charge in [0.05, 0.1) is 13.1 Å². The van der Waals surface area contributed by atoms with Crippen molar-refractivity contribution in [1.29, 1.82) is 0 Å². The standard InChI is InChI=1S/C7H14N2S3/c1-3-8(11)5-6-9(12,4-2)7(8)10/h3-6H2,1-2H3. The molecule has 1 rings (SSSR count). The van der Waals surface area contributed by atoms with E-state index in [1.165, 1.54) is 0 Å². The lowest BCUT2D eigenvalue weighted by Gasteiger charge is -2.41. The van der Waals surface area contributed by atoms with Crippen LogP contribution < -0.4 is 0 Å². The fraction of sp³-hybridized carbons (Fsp3) is 0.857. The summed E-state index contributed by atoms with van der Waals surface area (Å²) in [6, 6.07) is 0. The Balaban J connectivity index is 2.87. The van der Waals surface area contributed by atoms with E-state index in [0.29, 0.717) is 7.78 Å². The Labute approximate surface area is 90.8 Å². The van der Waals surface area contributed by atoms with Crippen LogP contribution in [0.2, 0.25) is 0 Å². The van der Waals surface area contributed by atoms with E-state index in [1.807, 2.05) is 0 Å². The molecule has 0 radical (unpaired) electrons. The fourth-order valence-electron chi connectivity index (χ4n) is 1.43. The van der Waals surface area contributed by atoms with Gasteiger partial charge < -0.3 is 33.4 Å². The summed E-state index contributed by atoms with van der Waals surface area (Å²) in [5, 5.41) is 0.838. The lowest BCUT2D eigenvalue weighted by molar-refractivity contribution is -0.748. The molecule has 1 aliphatic rings. The topological polar surface area (TPSA) is 0 Å². The second kappa shape index (κ2) is 3.46. The first-order chi connectivity index (χ1) is 5.48. The third-order valence-corrected chi connectivity index (χ3v) is 4.70. The molecule has 2 unspecified atom stereocenters. The van der Waals surface area contributed by atoms with E-state index in [0.717, 1.165) is 31.3 Å². The summed E-state index contributed by atoms with van der Waals surface area (Å²) in [7, 11) is 0. The van der Waals surface area contributed by atoms with Crippen LogP contribution in [0, 0.1) is 0 Å². The second-order valence-corrected chi connectivity index (χ2v) is 4.90. The van der Waals surface area contributed by atoms with Crippen molar-refractivity contribution in [3.8, 4) is 0 Å². The van der Waals surface area contributed by atoms with Gasteiger partial charge in [0.15, 0.2) is 0 Å². The summed E-state index contributed by atoms with van der Waals surface area (Å²) < 4.78 is 0.930. The van der Waals surface area contributed by atoms with E-state index < -0.39 is 0 Å². The van der Waals surface area contributed by atoms with Crippen molar-refractivity contribution in [2.75, 3.05) is 26.2 Å². The van der Waals surface area contributed by atoms with Crippen LogP contribution in [-0.2, 0) is 25.6 Å². The summed E-state index contributed by atoms with van der Waals surface area (Å²) in [6.45, 7) is 7.74. The van der Waals surface area contributed by atoms with Crippen molar-refractivity contribution in [2.45, 2.75) is 13.8 Å². The summed E-state index contributed by atoms with van der Waals surface area (Å²) >= 11 is 16.2. The molecule has 0 saturated carbocycles. The van der Waals surface area contributed by atoms with Crippen molar-refractivity contribution in [2.24, 2.45) is 0 Å². The van der Waals surface area contributed by atoms with Gasteiger partial charge in [0, 0.05) is 12.2 Å². The summed E-state index contributed by atoms with van der Waals surface area (Å²) in [4.78, 5) is 0. The molecule has 12 heavy (non-hydrogen) atoms. The molecule has 70 valence electrons. The van der Waals surface area contributed by atoms with Crippen LogP contribution in [0.25, 0.3) is 0 Å². The van der Waals surface area contributed by atoms with Crippen molar-refractivity contribution in [3.05, 3.63) is 0 Å². The third kappa shape index (κ3) is 1.53. The van der Waals surface area contributed by atoms with Crippen LogP contribution in [-0.4, -0.2) is 39.1 Å². The Morgan fingerprint density at radius 2 is 1.50 bits per heavy atom. The zero-order valence-electron chi connectivity index (χ0n) is 7.45. The van der Waals surface area contributed by atoms with Crippen molar-refractivity contribution in [1.82, 2.24) is 0 Å². The highest BCUT2D eigenvalue weighted by atomic mass is 32.1. The minimum Gasteiger partial charge on any atom is -0.482 e. The van der Waals surface area contributed by atoms with E-state index in [2.05, 4.69) is 13.8 Å². The van der Waals surface area contributed by atoms with Crippen LogP contribution in [0.3, 0.4) is 0 Å². The van der Waals surface area contributed by atoms with E-state index in [-0.39, 0.29) is 0 Å². The van der Waals surface area contributed by atoms with Gasteiger partial charge in [-0.3, -0.25) is 0 Å². The summed E-state index contributed by atoms with van der Waals surface area (Å²) in [5.74, 6) is 0. The van der Waals surface area contributed by atoms with Crippen LogP contribution in [0.4, 0.5) is 0 Å². The van der Waals surface area contributed by atoms with Crippen LogP contribution in [0.1, 0.15) is 13.8 Å². The minimum atomic E-state index is 0.465. The highest BCUT2D eigenvalue weighted by Crippen LogP contribution is 2.24. The average Bonchev–Trinajstić information content (AvgIpc) is 2.32. The largest absolute Gasteiger partial charge is 0.482 e. The van der Waals surface area contributed by atoms with Gasteiger partial charge in [-0.05, 0) is 13.8 Å². The molecular weight excluding hydrogens is 208 g/mol. The predicted molar refractivity (Wildman–Crippen MR) is 58.7 cm³/mol. The summed E-state index contributed by atoms with van der Waals surface area (Å²) in [6.07, 6.45) is 0. The predicted octanol–water partition coefficient (Wildman–Crippen LogP) is 0.882. The number of quaternary nitrogens is 2. The molecule has 0 aromatic rings. The maximum atomic E-state index is 5.42. The molecule has 0 bridgehead atoms. The average molecular weight is 222 g/mol. The molecule has 2 atom stereocenters. The molecule has 1 aliphatic heterocycles. The SMILES string of the molecule is CC[N+]1([S-])CC[N+]([S-])(CC)C1=S. The van der Waals surface area contributed by atoms with Crippen molar-refractivity contribution < 1.29 is 7.78 Å². The maximum Gasteiger partial charge on any atom is 0.328 e. The molecule has 0 aromatic heterocycles. The molecule has 5 heteroatoms. The smallest absolute Gasteiger partial charge is 0.328 e. The highest BCUT2D eigenvalue weighted by molar-refractivity contribution is 7.80. The lowest BCUT2D eigenvalue weighted by atomic mass is 10.5. The normalized spacial score (nSPS) is 42.2. The number of nitrogens with zero attached hydrogens (tertiary/aromatic N) is 2. The van der Waals surface area contributed by atoms with E-state index in [4.69, 9.17) is 37.8 Å². The van der Waals surface area contributed by atoms with Gasteiger partial charge in [0.25, 0.3) is 0 Å². The number of hydrogen-bond donors (Lipinski definition) is 0. The number of thiocarbonyl (C=S) groups is 1. The molecule has 2 nitrogen and oxygen atoms in total. The highest BCUT2D eigenvalue weighted by Gasteiger charge is 2.40. The van der Waals surface area contributed by atoms with Gasteiger partial charge >= 0.3 is 5.11 Å². The van der Waals surface area contributed by atoms with Gasteiger partial charge in [-0.15, -0.1) is 0 Å². The zero-order valence-corrected chi connectivity index (χ0v) is 9.90. The Kier molecular flexibility index (Phi) is 3.11. The number of hydrogen-bond acceptors (Lipinski definition) is 3. The van der Waals surface area contributed by atoms with Crippen molar-refractivity contribution >= 4 is 43.0 Å². The Hall–Kier alpha value is 0.710. The Bertz CT molecular complexity index is 189. The van der Waals surface area contributed by atoms with Crippen molar-refractivity contribution in [3.63, 3.8) is 0 Å². The Morgan fingerprint density at radius 3 is 1.67 bits per heavy atom. The molecular formula is C7H14N2S3. The van der Waals surface area contributed by atoms with E-state index >= 15 is 0 Å². The molecule has 0 N–H and O–H groups in total. The molecule has 1 heterocycles. The molecule has 0 aliphatic carbocycles. The van der Waals surface area contributed by atoms with Gasteiger partial charge in [0.2, 0.25) is 0 Å². The molecule has 0 spiro atoms. The zero-order chi connectivity index (χ0) is 9.41. The van der Waals surface area contributed by atoms with Crippen LogP contribution in [0.15, 0.2) is 0 Å². The molecule has 1 fully saturated rings. The minimum absolute atomic E-state index is 0.465. The quantitative estimate of drug-likeness (QED) is 0.387. The lowest BCUT2D eigenvalue weighted by Crippen LogP contribution is -2.52. The van der Waals surface area contributed by atoms with Gasteiger partial charge in [-0.2, -0.15) is 0 Å². The third-order valence-electron chi connectivity index (χ3n) is 2.54. The second-order valence-electron chi connectivity index (χ2n) is 3.14. The van der Waals surface area contributed by atoms with Crippen LogP contribution in [0.5, 0.6) is 0 Å². The number of rotatable bonds is 2. The molecule has 1 saturated heterocycles. The maximum absolute atomic E-state index is 5.42. The first-order valence-corrected chi connectivity index (χ1v) is 5.33. The first-order valence-electron chi connectivity index (χ1n) is 4.20. The first kappa shape index (κ1) is 10.8. The fourth-order valence-corrected chi connectivity index (χ4v) is 2.40. The summed E-state index contributed by atoms with van der Waals surface area (Å²) in [5.41, 5.74) is 0.